The van der Waals surface area contributed by atoms with E-state index in [9.17, 15) is 9.59 Å². The third-order valence-electron chi connectivity index (χ3n) is 4.59. The summed E-state index contributed by atoms with van der Waals surface area (Å²) in [6.45, 7) is 1.91. The van der Waals surface area contributed by atoms with Crippen LogP contribution in [0, 0.1) is 0 Å². The summed E-state index contributed by atoms with van der Waals surface area (Å²) in [6, 6.07) is 17.5. The van der Waals surface area contributed by atoms with E-state index in [0.29, 0.717) is 23.3 Å². The summed E-state index contributed by atoms with van der Waals surface area (Å²) in [5.41, 5.74) is 5.88. The minimum Gasteiger partial charge on any atom is -0.358 e. The van der Waals surface area contributed by atoms with E-state index in [-0.39, 0.29) is 10.9 Å². The lowest BCUT2D eigenvalue weighted by molar-refractivity contribution is -0.108. The van der Waals surface area contributed by atoms with E-state index in [1.807, 2.05) is 61.5 Å². The molecule has 1 aliphatic carbocycles. The number of benzene rings is 2. The van der Waals surface area contributed by atoms with Crippen molar-refractivity contribution in [2.24, 2.45) is 0 Å². The van der Waals surface area contributed by atoms with Gasteiger partial charge in [-0.15, -0.1) is 0 Å². The number of dihydropyridines is 1. The molecule has 1 heterocycles. The van der Waals surface area contributed by atoms with Crippen molar-refractivity contribution in [3.8, 4) is 0 Å². The molecule has 1 aliphatic heterocycles. The Morgan fingerprint density at radius 2 is 1.72 bits per heavy atom. The van der Waals surface area contributed by atoms with Crippen molar-refractivity contribution >= 4 is 28.4 Å². The predicted octanol–water partition coefficient (Wildman–Crippen LogP) is 4.32. The SMILES string of the molecule is CC1=C(C(=O)SCc2ccccc2)CC2=C(N1)c1ccccc1C2=O. The Morgan fingerprint density at radius 1 is 1.04 bits per heavy atom. The molecular weight excluding hydrogens is 330 g/mol. The molecule has 0 fully saturated rings. The molecule has 0 atom stereocenters. The number of carbonyl (C=O) groups excluding carboxylic acids is 2. The molecule has 0 aromatic heterocycles. The second-order valence-corrected chi connectivity index (χ2v) is 7.14. The maximum absolute atomic E-state index is 12.7. The number of hydrogen-bond acceptors (Lipinski definition) is 4. The lowest BCUT2D eigenvalue weighted by Gasteiger charge is -2.21. The number of hydrogen-bond donors (Lipinski definition) is 1. The van der Waals surface area contributed by atoms with Gasteiger partial charge in [-0.05, 0) is 12.5 Å². The molecule has 0 unspecified atom stereocenters. The van der Waals surface area contributed by atoms with Gasteiger partial charge in [-0.1, -0.05) is 66.4 Å². The second-order valence-electron chi connectivity index (χ2n) is 6.20. The van der Waals surface area contributed by atoms with Crippen molar-refractivity contribution in [3.05, 3.63) is 88.1 Å². The zero-order valence-corrected chi connectivity index (χ0v) is 14.7. The van der Waals surface area contributed by atoms with Crippen LogP contribution in [0.3, 0.4) is 0 Å². The molecular formula is C21H17NO2S. The van der Waals surface area contributed by atoms with Crippen LogP contribution in [-0.2, 0) is 10.5 Å². The first-order chi connectivity index (χ1) is 12.1. The van der Waals surface area contributed by atoms with Crippen LogP contribution in [0.25, 0.3) is 5.70 Å². The van der Waals surface area contributed by atoms with Gasteiger partial charge in [-0.25, -0.2) is 0 Å². The first kappa shape index (κ1) is 15.9. The average molecular weight is 347 g/mol. The Bertz CT molecular complexity index is 941. The number of rotatable bonds is 3. The van der Waals surface area contributed by atoms with E-state index < -0.39 is 0 Å². The van der Waals surface area contributed by atoms with E-state index in [2.05, 4.69) is 5.32 Å². The fourth-order valence-electron chi connectivity index (χ4n) is 3.26. The highest BCUT2D eigenvalue weighted by Gasteiger charge is 2.34. The fourth-order valence-corrected chi connectivity index (χ4v) is 4.15. The van der Waals surface area contributed by atoms with Crippen molar-refractivity contribution in [2.75, 3.05) is 0 Å². The van der Waals surface area contributed by atoms with Crippen molar-refractivity contribution in [2.45, 2.75) is 19.1 Å². The minimum absolute atomic E-state index is 0.0314. The Kier molecular flexibility index (Phi) is 4.06. The average Bonchev–Trinajstić information content (AvgIpc) is 2.92. The Labute approximate surface area is 150 Å². The minimum atomic E-state index is 0.0314. The van der Waals surface area contributed by atoms with Crippen LogP contribution in [0.1, 0.15) is 34.8 Å². The summed E-state index contributed by atoms with van der Waals surface area (Å²) >= 11 is 1.29. The molecule has 3 nitrogen and oxygen atoms in total. The Morgan fingerprint density at radius 3 is 2.48 bits per heavy atom. The van der Waals surface area contributed by atoms with Crippen LogP contribution >= 0.6 is 11.8 Å². The van der Waals surface area contributed by atoms with E-state index >= 15 is 0 Å². The largest absolute Gasteiger partial charge is 0.358 e. The summed E-state index contributed by atoms with van der Waals surface area (Å²) in [6.07, 6.45) is 0.405. The number of carbonyl (C=O) groups is 2. The third-order valence-corrected chi connectivity index (χ3v) is 5.58. The fraction of sp³-hybridized carbons (Fsp3) is 0.143. The number of fused-ring (bicyclic) bond motifs is 2. The summed E-state index contributed by atoms with van der Waals surface area (Å²) < 4.78 is 0. The van der Waals surface area contributed by atoms with Crippen LogP contribution < -0.4 is 5.32 Å². The third kappa shape index (κ3) is 2.83. The van der Waals surface area contributed by atoms with E-state index in [1.54, 1.807) is 0 Å². The maximum atomic E-state index is 12.7. The van der Waals surface area contributed by atoms with Crippen LogP contribution in [0.4, 0.5) is 0 Å². The van der Waals surface area contributed by atoms with Gasteiger partial charge in [0.2, 0.25) is 5.12 Å². The topological polar surface area (TPSA) is 46.2 Å². The van der Waals surface area contributed by atoms with Crippen molar-refractivity contribution < 1.29 is 9.59 Å². The van der Waals surface area contributed by atoms with Crippen LogP contribution in [0.2, 0.25) is 0 Å². The molecule has 1 N–H and O–H groups in total. The first-order valence-corrected chi connectivity index (χ1v) is 9.19. The van der Waals surface area contributed by atoms with Gasteiger partial charge in [0.15, 0.2) is 5.78 Å². The van der Waals surface area contributed by atoms with Crippen LogP contribution in [-0.4, -0.2) is 10.9 Å². The number of nitrogens with one attached hydrogen (secondary N) is 1. The highest BCUT2D eigenvalue weighted by molar-refractivity contribution is 8.13. The molecule has 0 spiro atoms. The summed E-state index contributed by atoms with van der Waals surface area (Å²) in [5.74, 6) is 0.667. The van der Waals surface area contributed by atoms with E-state index in [0.717, 1.165) is 28.1 Å². The second kappa shape index (κ2) is 6.37. The van der Waals surface area contributed by atoms with E-state index in [4.69, 9.17) is 0 Å². The summed E-state index contributed by atoms with van der Waals surface area (Å²) in [5, 5.41) is 3.33. The highest BCUT2D eigenvalue weighted by atomic mass is 32.2. The first-order valence-electron chi connectivity index (χ1n) is 8.20. The lowest BCUT2D eigenvalue weighted by Crippen LogP contribution is -2.21. The number of thioether (sulfide) groups is 1. The zero-order valence-electron chi connectivity index (χ0n) is 13.8. The zero-order chi connectivity index (χ0) is 17.4. The van der Waals surface area contributed by atoms with E-state index in [1.165, 1.54) is 11.8 Å². The summed E-state index contributed by atoms with van der Waals surface area (Å²) in [4.78, 5) is 25.3. The standard InChI is InChI=1S/C21H17NO2S/c1-13-17(21(24)25-12-14-7-3-2-4-8-14)11-18-19(22-13)15-9-5-6-10-16(15)20(18)23/h2-10,22H,11-12H2,1H3. The molecule has 0 amide bonds. The monoisotopic (exact) mass is 347 g/mol. The molecule has 0 bridgehead atoms. The molecule has 0 saturated heterocycles. The Hall–Kier alpha value is -2.59. The predicted molar refractivity (Wildman–Crippen MR) is 101 cm³/mol. The van der Waals surface area contributed by atoms with Gasteiger partial charge in [0.25, 0.3) is 0 Å². The van der Waals surface area contributed by atoms with Crippen LogP contribution in [0.15, 0.2) is 71.4 Å². The molecule has 124 valence electrons. The van der Waals surface area contributed by atoms with Gasteiger partial charge in [0.05, 0.1) is 5.70 Å². The summed E-state index contributed by atoms with van der Waals surface area (Å²) in [7, 11) is 0. The molecule has 0 radical (unpaired) electrons. The van der Waals surface area contributed by atoms with Gasteiger partial charge >= 0.3 is 0 Å². The number of allylic oxidation sites excluding steroid dienone is 2. The quantitative estimate of drug-likeness (QED) is 0.898. The lowest BCUT2D eigenvalue weighted by atomic mass is 9.98. The molecule has 2 aromatic rings. The molecule has 2 aromatic carbocycles. The normalized spacial score (nSPS) is 15.8. The molecule has 0 saturated carbocycles. The molecule has 4 heteroatoms. The van der Waals surface area contributed by atoms with Gasteiger partial charge in [0.1, 0.15) is 0 Å². The highest BCUT2D eigenvalue weighted by Crippen LogP contribution is 2.39. The molecule has 4 rings (SSSR count). The van der Waals surface area contributed by atoms with Crippen LogP contribution in [0.5, 0.6) is 0 Å². The smallest absolute Gasteiger partial charge is 0.217 e. The van der Waals surface area contributed by atoms with Crippen molar-refractivity contribution in [1.82, 2.24) is 5.32 Å². The number of ketones is 1. The van der Waals surface area contributed by atoms with Gasteiger partial charge in [-0.3, -0.25) is 9.59 Å². The van der Waals surface area contributed by atoms with Crippen molar-refractivity contribution in [1.29, 1.82) is 0 Å². The van der Waals surface area contributed by atoms with Gasteiger partial charge in [-0.2, -0.15) is 0 Å². The van der Waals surface area contributed by atoms with Crippen molar-refractivity contribution in [3.63, 3.8) is 0 Å². The Balaban J connectivity index is 1.53. The van der Waals surface area contributed by atoms with Gasteiger partial charge < -0.3 is 5.32 Å². The maximum Gasteiger partial charge on any atom is 0.217 e. The number of Topliss-reactive ketones (excluding diaryl/α,β-unsaturated/α-hetero) is 1. The molecule has 2 aliphatic rings. The molecule has 25 heavy (non-hydrogen) atoms. The van der Waals surface area contributed by atoms with Gasteiger partial charge in [0, 0.05) is 40.1 Å².